The molecule has 11 heavy (non-hydrogen) atoms. The lowest BCUT2D eigenvalue weighted by molar-refractivity contribution is -0.124. The average molecular weight is 170 g/mol. The van der Waals surface area contributed by atoms with Gasteiger partial charge in [-0.3, -0.25) is 9.69 Å². The van der Waals surface area contributed by atoms with Crippen molar-refractivity contribution in [2.75, 3.05) is 20.1 Å². The first-order valence-corrected chi connectivity index (χ1v) is 3.74. The molecule has 0 unspecified atom stereocenters. The second kappa shape index (κ2) is 3.00. The highest BCUT2D eigenvalue weighted by molar-refractivity contribution is 7.80. The van der Waals surface area contributed by atoms with E-state index in [1.165, 1.54) is 0 Å². The lowest BCUT2D eigenvalue weighted by Crippen LogP contribution is -2.31. The summed E-state index contributed by atoms with van der Waals surface area (Å²) in [4.78, 5) is 14.4. The van der Waals surface area contributed by atoms with E-state index in [2.05, 4.69) is 6.58 Å². The second-order valence-corrected chi connectivity index (χ2v) is 2.80. The minimum Gasteiger partial charge on any atom is -0.343 e. The van der Waals surface area contributed by atoms with Crippen LogP contribution in [-0.4, -0.2) is 41.0 Å². The van der Waals surface area contributed by atoms with Crippen LogP contribution >= 0.6 is 12.2 Å². The third-order valence-electron chi connectivity index (χ3n) is 1.54. The van der Waals surface area contributed by atoms with E-state index in [1.54, 1.807) is 15.9 Å². The van der Waals surface area contributed by atoms with Crippen LogP contribution in [0.1, 0.15) is 0 Å². The Morgan fingerprint density at radius 1 is 1.82 bits per heavy atom. The molecule has 0 aromatic carbocycles. The summed E-state index contributed by atoms with van der Waals surface area (Å²) in [6, 6.07) is 0. The standard InChI is InChI=1S/C7H10N2OS/c1-3-4-9-6(10)5-8(2)7(9)11/h3H,1,4-5H2,2H3. The van der Waals surface area contributed by atoms with Crippen molar-refractivity contribution in [3.05, 3.63) is 12.7 Å². The Labute approximate surface area is 71.3 Å². The smallest absolute Gasteiger partial charge is 0.248 e. The Morgan fingerprint density at radius 3 is 2.82 bits per heavy atom. The Kier molecular flexibility index (Phi) is 2.24. The zero-order valence-electron chi connectivity index (χ0n) is 6.41. The molecule has 1 fully saturated rings. The Hall–Kier alpha value is -0.900. The number of hydrogen-bond acceptors (Lipinski definition) is 2. The number of carbonyl (C=O) groups is 1. The van der Waals surface area contributed by atoms with Gasteiger partial charge in [-0.2, -0.15) is 0 Å². The first-order chi connectivity index (χ1) is 5.16. The molecule has 0 spiro atoms. The lowest BCUT2D eigenvalue weighted by Gasteiger charge is -2.14. The molecule has 0 N–H and O–H groups in total. The summed E-state index contributed by atoms with van der Waals surface area (Å²) in [6.07, 6.45) is 1.67. The fourth-order valence-electron chi connectivity index (χ4n) is 0.978. The molecular weight excluding hydrogens is 160 g/mol. The van der Waals surface area contributed by atoms with Gasteiger partial charge in [-0.15, -0.1) is 6.58 Å². The number of thiocarbonyl (C=S) groups is 1. The first kappa shape index (κ1) is 8.20. The summed E-state index contributed by atoms with van der Waals surface area (Å²) in [6.45, 7) is 4.46. The zero-order chi connectivity index (χ0) is 8.43. The first-order valence-electron chi connectivity index (χ1n) is 3.33. The number of nitrogens with zero attached hydrogens (tertiary/aromatic N) is 2. The van der Waals surface area contributed by atoms with Crippen LogP contribution in [0.3, 0.4) is 0 Å². The predicted molar refractivity (Wildman–Crippen MR) is 47.1 cm³/mol. The van der Waals surface area contributed by atoms with Crippen molar-refractivity contribution >= 4 is 23.2 Å². The van der Waals surface area contributed by atoms with Gasteiger partial charge in [0.1, 0.15) is 0 Å². The van der Waals surface area contributed by atoms with Gasteiger partial charge < -0.3 is 4.90 Å². The van der Waals surface area contributed by atoms with Gasteiger partial charge in [0.2, 0.25) is 5.91 Å². The largest absolute Gasteiger partial charge is 0.343 e. The van der Waals surface area contributed by atoms with Crippen LogP contribution in [0.2, 0.25) is 0 Å². The van der Waals surface area contributed by atoms with Crippen molar-refractivity contribution in [1.29, 1.82) is 0 Å². The van der Waals surface area contributed by atoms with Crippen molar-refractivity contribution in [3.8, 4) is 0 Å². The molecule has 3 nitrogen and oxygen atoms in total. The number of carbonyl (C=O) groups excluding carboxylic acids is 1. The number of amides is 1. The zero-order valence-corrected chi connectivity index (χ0v) is 7.23. The summed E-state index contributed by atoms with van der Waals surface area (Å²) >= 11 is 4.99. The number of likely N-dealkylation sites (N-methyl/N-ethyl adjacent to an activating group) is 1. The summed E-state index contributed by atoms with van der Waals surface area (Å²) < 4.78 is 0. The monoisotopic (exact) mass is 170 g/mol. The third-order valence-corrected chi connectivity index (χ3v) is 2.07. The van der Waals surface area contributed by atoms with E-state index in [1.807, 2.05) is 7.05 Å². The van der Waals surface area contributed by atoms with Crippen LogP contribution in [0.15, 0.2) is 12.7 Å². The van der Waals surface area contributed by atoms with Crippen LogP contribution in [0.4, 0.5) is 0 Å². The van der Waals surface area contributed by atoms with Crippen LogP contribution in [0.5, 0.6) is 0 Å². The molecule has 0 saturated carbocycles. The maximum Gasteiger partial charge on any atom is 0.248 e. The maximum absolute atomic E-state index is 11.1. The lowest BCUT2D eigenvalue weighted by atomic mass is 10.5. The van der Waals surface area contributed by atoms with E-state index in [0.29, 0.717) is 18.2 Å². The highest BCUT2D eigenvalue weighted by Gasteiger charge is 2.28. The molecule has 0 radical (unpaired) electrons. The number of hydrogen-bond donors (Lipinski definition) is 0. The quantitative estimate of drug-likeness (QED) is 0.438. The van der Waals surface area contributed by atoms with E-state index in [0.717, 1.165) is 0 Å². The SMILES string of the molecule is C=CCN1C(=O)CN(C)C1=S. The molecule has 1 aliphatic heterocycles. The highest BCUT2D eigenvalue weighted by atomic mass is 32.1. The van der Waals surface area contributed by atoms with Crippen molar-refractivity contribution in [2.45, 2.75) is 0 Å². The van der Waals surface area contributed by atoms with Gasteiger partial charge in [-0.05, 0) is 12.2 Å². The van der Waals surface area contributed by atoms with Crippen LogP contribution < -0.4 is 0 Å². The summed E-state index contributed by atoms with van der Waals surface area (Å²) in [7, 11) is 1.81. The highest BCUT2D eigenvalue weighted by Crippen LogP contribution is 2.07. The Morgan fingerprint density at radius 2 is 2.45 bits per heavy atom. The van der Waals surface area contributed by atoms with Gasteiger partial charge in [0.05, 0.1) is 6.54 Å². The summed E-state index contributed by atoms with van der Waals surface area (Å²) in [5.41, 5.74) is 0. The van der Waals surface area contributed by atoms with Gasteiger partial charge in [0.15, 0.2) is 5.11 Å². The molecule has 1 rings (SSSR count). The molecule has 1 aliphatic rings. The van der Waals surface area contributed by atoms with E-state index in [-0.39, 0.29) is 5.91 Å². The fourth-order valence-corrected chi connectivity index (χ4v) is 1.22. The van der Waals surface area contributed by atoms with Crippen LogP contribution in [-0.2, 0) is 4.79 Å². The molecule has 1 heterocycles. The molecule has 0 bridgehead atoms. The fraction of sp³-hybridized carbons (Fsp3) is 0.429. The van der Waals surface area contributed by atoms with E-state index < -0.39 is 0 Å². The third kappa shape index (κ3) is 1.40. The maximum atomic E-state index is 11.1. The van der Waals surface area contributed by atoms with Gasteiger partial charge in [0, 0.05) is 13.6 Å². The van der Waals surface area contributed by atoms with Crippen molar-refractivity contribution < 1.29 is 4.79 Å². The molecule has 1 saturated heterocycles. The minimum atomic E-state index is 0.0531. The molecule has 0 aromatic rings. The van der Waals surface area contributed by atoms with Gasteiger partial charge in [-0.1, -0.05) is 6.08 Å². The molecule has 60 valence electrons. The van der Waals surface area contributed by atoms with Crippen molar-refractivity contribution in [2.24, 2.45) is 0 Å². The molecule has 0 aliphatic carbocycles. The molecule has 0 atom stereocenters. The Balaban J connectivity index is 2.71. The van der Waals surface area contributed by atoms with Gasteiger partial charge >= 0.3 is 0 Å². The van der Waals surface area contributed by atoms with E-state index in [9.17, 15) is 4.79 Å². The van der Waals surface area contributed by atoms with Gasteiger partial charge in [0.25, 0.3) is 0 Å². The normalized spacial score (nSPS) is 17.9. The minimum absolute atomic E-state index is 0.0531. The molecule has 4 heteroatoms. The van der Waals surface area contributed by atoms with Crippen LogP contribution in [0, 0.1) is 0 Å². The van der Waals surface area contributed by atoms with E-state index >= 15 is 0 Å². The van der Waals surface area contributed by atoms with Gasteiger partial charge in [-0.25, -0.2) is 0 Å². The summed E-state index contributed by atoms with van der Waals surface area (Å²) in [5.74, 6) is 0.0531. The second-order valence-electron chi connectivity index (χ2n) is 2.43. The topological polar surface area (TPSA) is 23.6 Å². The van der Waals surface area contributed by atoms with Crippen molar-refractivity contribution in [3.63, 3.8) is 0 Å². The Bertz CT molecular complexity index is 214. The number of rotatable bonds is 2. The predicted octanol–water partition coefficient (Wildman–Crippen LogP) is 0.231. The molecule has 0 aromatic heterocycles. The molecular formula is C7H10N2OS. The summed E-state index contributed by atoms with van der Waals surface area (Å²) in [5, 5.41) is 0.593. The van der Waals surface area contributed by atoms with Crippen molar-refractivity contribution in [1.82, 2.24) is 9.80 Å². The van der Waals surface area contributed by atoms with E-state index in [4.69, 9.17) is 12.2 Å². The van der Waals surface area contributed by atoms with Crippen LogP contribution in [0.25, 0.3) is 0 Å². The molecule has 1 amide bonds. The average Bonchev–Trinajstić information content (AvgIpc) is 2.17.